The van der Waals surface area contributed by atoms with Gasteiger partial charge in [0.2, 0.25) is 0 Å². The lowest BCUT2D eigenvalue weighted by atomic mass is 10.0. The van der Waals surface area contributed by atoms with E-state index in [1.807, 2.05) is 0 Å². The standard InChI is InChI=1S/C18H15F2N3O2/c1-10(13-8-7-12(19)9-16(13)20)21-17(24)14-5-3-4-6-15(14)18-22-11(2)23-25-18/h3-10H,1-2H3,(H,21,24)/t10-/m1/s1. The van der Waals surface area contributed by atoms with Gasteiger partial charge in [-0.25, -0.2) is 8.78 Å². The van der Waals surface area contributed by atoms with Crippen molar-refractivity contribution in [3.8, 4) is 11.5 Å². The Morgan fingerprint density at radius 2 is 1.96 bits per heavy atom. The minimum atomic E-state index is -0.714. The first-order valence-electron chi connectivity index (χ1n) is 7.61. The molecule has 3 rings (SSSR count). The van der Waals surface area contributed by atoms with Crippen LogP contribution < -0.4 is 5.32 Å². The molecular weight excluding hydrogens is 328 g/mol. The largest absolute Gasteiger partial charge is 0.345 e. The Kier molecular flexibility index (Phi) is 4.56. The Morgan fingerprint density at radius 1 is 1.20 bits per heavy atom. The molecule has 7 heteroatoms. The summed E-state index contributed by atoms with van der Waals surface area (Å²) in [6, 6.07) is 9.33. The number of halogens is 2. The summed E-state index contributed by atoms with van der Waals surface area (Å²) in [5, 5.41) is 6.42. The van der Waals surface area contributed by atoms with Crippen LogP contribution in [0.1, 0.15) is 34.7 Å². The number of carbonyl (C=O) groups excluding carboxylic acids is 1. The lowest BCUT2D eigenvalue weighted by Crippen LogP contribution is -2.27. The summed E-state index contributed by atoms with van der Waals surface area (Å²) < 4.78 is 32.0. The van der Waals surface area contributed by atoms with Crippen LogP contribution in [0.5, 0.6) is 0 Å². The summed E-state index contributed by atoms with van der Waals surface area (Å²) in [5.74, 6) is -1.14. The topological polar surface area (TPSA) is 68.0 Å². The molecule has 1 atom stereocenters. The summed E-state index contributed by atoms with van der Waals surface area (Å²) in [4.78, 5) is 16.7. The van der Waals surface area contributed by atoms with Gasteiger partial charge in [-0.15, -0.1) is 0 Å². The molecule has 25 heavy (non-hydrogen) atoms. The molecule has 2 aromatic carbocycles. The van der Waals surface area contributed by atoms with E-state index in [0.29, 0.717) is 17.0 Å². The molecule has 0 aliphatic rings. The predicted octanol–water partition coefficient (Wildman–Crippen LogP) is 3.81. The predicted molar refractivity (Wildman–Crippen MR) is 86.7 cm³/mol. The number of nitrogens with zero attached hydrogens (tertiary/aromatic N) is 2. The molecule has 3 aromatic rings. The van der Waals surface area contributed by atoms with E-state index >= 15 is 0 Å². The second-order valence-corrected chi connectivity index (χ2v) is 5.55. The van der Waals surface area contributed by atoms with Crippen molar-refractivity contribution in [1.29, 1.82) is 0 Å². The molecule has 0 saturated carbocycles. The van der Waals surface area contributed by atoms with Crippen molar-refractivity contribution in [3.63, 3.8) is 0 Å². The van der Waals surface area contributed by atoms with Crippen molar-refractivity contribution in [1.82, 2.24) is 15.5 Å². The van der Waals surface area contributed by atoms with Crippen molar-refractivity contribution in [2.24, 2.45) is 0 Å². The Bertz CT molecular complexity index is 924. The zero-order valence-corrected chi connectivity index (χ0v) is 13.6. The van der Waals surface area contributed by atoms with E-state index in [9.17, 15) is 13.6 Å². The molecule has 1 heterocycles. The van der Waals surface area contributed by atoms with E-state index < -0.39 is 23.6 Å². The molecular formula is C18H15F2N3O2. The summed E-state index contributed by atoms with van der Waals surface area (Å²) >= 11 is 0. The third-order valence-electron chi connectivity index (χ3n) is 3.71. The van der Waals surface area contributed by atoms with Crippen LogP contribution >= 0.6 is 0 Å². The highest BCUT2D eigenvalue weighted by Gasteiger charge is 2.20. The lowest BCUT2D eigenvalue weighted by Gasteiger charge is -2.16. The third-order valence-corrected chi connectivity index (χ3v) is 3.71. The van der Waals surface area contributed by atoms with Gasteiger partial charge in [-0.3, -0.25) is 4.79 Å². The van der Waals surface area contributed by atoms with Gasteiger partial charge in [0, 0.05) is 11.6 Å². The van der Waals surface area contributed by atoms with Crippen LogP contribution in [0.15, 0.2) is 47.0 Å². The van der Waals surface area contributed by atoms with E-state index in [4.69, 9.17) is 4.52 Å². The van der Waals surface area contributed by atoms with Crippen LogP contribution in [-0.4, -0.2) is 16.0 Å². The van der Waals surface area contributed by atoms with Gasteiger partial charge in [-0.1, -0.05) is 23.4 Å². The first kappa shape index (κ1) is 16.8. The monoisotopic (exact) mass is 343 g/mol. The minimum Gasteiger partial charge on any atom is -0.345 e. The van der Waals surface area contributed by atoms with Crippen molar-refractivity contribution in [2.75, 3.05) is 0 Å². The van der Waals surface area contributed by atoms with Crippen LogP contribution in [0.25, 0.3) is 11.5 Å². The minimum absolute atomic E-state index is 0.195. The van der Waals surface area contributed by atoms with Crippen molar-refractivity contribution in [2.45, 2.75) is 19.9 Å². The quantitative estimate of drug-likeness (QED) is 0.782. The molecule has 5 nitrogen and oxygen atoms in total. The van der Waals surface area contributed by atoms with Crippen molar-refractivity contribution in [3.05, 3.63) is 71.1 Å². The number of rotatable bonds is 4. The van der Waals surface area contributed by atoms with Gasteiger partial charge in [0.25, 0.3) is 11.8 Å². The van der Waals surface area contributed by atoms with Crippen LogP contribution in [0, 0.1) is 18.6 Å². The molecule has 0 aliphatic carbocycles. The van der Waals surface area contributed by atoms with E-state index in [0.717, 1.165) is 12.1 Å². The Balaban J connectivity index is 1.87. The smallest absolute Gasteiger partial charge is 0.258 e. The number of hydrogen-bond acceptors (Lipinski definition) is 4. The average molecular weight is 343 g/mol. The molecule has 1 aromatic heterocycles. The number of benzene rings is 2. The summed E-state index contributed by atoms with van der Waals surface area (Å²) in [7, 11) is 0. The maximum Gasteiger partial charge on any atom is 0.258 e. The maximum absolute atomic E-state index is 13.9. The second kappa shape index (κ2) is 6.80. The summed E-state index contributed by atoms with van der Waals surface area (Å²) in [5.41, 5.74) is 0.994. The average Bonchev–Trinajstić information content (AvgIpc) is 3.01. The summed E-state index contributed by atoms with van der Waals surface area (Å²) in [6.45, 7) is 3.29. The molecule has 128 valence electrons. The SMILES string of the molecule is Cc1noc(-c2ccccc2C(=O)N[C@H](C)c2ccc(F)cc2F)n1. The van der Waals surface area contributed by atoms with E-state index in [1.54, 1.807) is 38.1 Å². The molecule has 0 spiro atoms. The van der Waals surface area contributed by atoms with Gasteiger partial charge >= 0.3 is 0 Å². The number of hydrogen-bond donors (Lipinski definition) is 1. The molecule has 1 N–H and O–H groups in total. The molecule has 0 bridgehead atoms. The van der Waals surface area contributed by atoms with E-state index in [1.165, 1.54) is 6.07 Å². The van der Waals surface area contributed by atoms with Crippen LogP contribution in [0.4, 0.5) is 8.78 Å². The van der Waals surface area contributed by atoms with E-state index in [2.05, 4.69) is 15.5 Å². The van der Waals surface area contributed by atoms with Gasteiger partial charge < -0.3 is 9.84 Å². The Hall–Kier alpha value is -3.09. The maximum atomic E-state index is 13.9. The fourth-order valence-corrected chi connectivity index (χ4v) is 2.48. The van der Waals surface area contributed by atoms with Crippen molar-refractivity contribution >= 4 is 5.91 Å². The van der Waals surface area contributed by atoms with E-state index in [-0.39, 0.29) is 11.5 Å². The molecule has 0 unspecified atom stereocenters. The van der Waals surface area contributed by atoms with Crippen LogP contribution in [-0.2, 0) is 0 Å². The van der Waals surface area contributed by atoms with Gasteiger partial charge in [0.1, 0.15) is 11.6 Å². The zero-order chi connectivity index (χ0) is 18.0. The first-order chi connectivity index (χ1) is 12.0. The van der Waals surface area contributed by atoms with Crippen molar-refractivity contribution < 1.29 is 18.1 Å². The van der Waals surface area contributed by atoms with Gasteiger partial charge in [-0.05, 0) is 32.0 Å². The number of carbonyl (C=O) groups is 1. The fourth-order valence-electron chi connectivity index (χ4n) is 2.48. The third kappa shape index (κ3) is 3.55. The van der Waals surface area contributed by atoms with Crippen LogP contribution in [0.2, 0.25) is 0 Å². The molecule has 0 saturated heterocycles. The highest BCUT2D eigenvalue weighted by molar-refractivity contribution is 6.00. The second-order valence-electron chi connectivity index (χ2n) is 5.55. The van der Waals surface area contributed by atoms with Gasteiger partial charge in [0.05, 0.1) is 17.2 Å². The highest BCUT2D eigenvalue weighted by Crippen LogP contribution is 2.23. The normalized spacial score (nSPS) is 12.0. The fraction of sp³-hybridized carbons (Fsp3) is 0.167. The highest BCUT2D eigenvalue weighted by atomic mass is 19.1. The number of aryl methyl sites for hydroxylation is 1. The van der Waals surface area contributed by atoms with Gasteiger partial charge in [0.15, 0.2) is 5.82 Å². The Labute approximate surface area is 142 Å². The molecule has 0 fully saturated rings. The zero-order valence-electron chi connectivity index (χ0n) is 13.6. The van der Waals surface area contributed by atoms with Crippen LogP contribution in [0.3, 0.4) is 0 Å². The lowest BCUT2D eigenvalue weighted by molar-refractivity contribution is 0.0939. The molecule has 1 amide bonds. The molecule has 0 aliphatic heterocycles. The molecule has 0 radical (unpaired) electrons. The number of amides is 1. The summed E-state index contributed by atoms with van der Waals surface area (Å²) in [6.07, 6.45) is 0. The van der Waals surface area contributed by atoms with Gasteiger partial charge in [-0.2, -0.15) is 4.98 Å². The number of nitrogens with one attached hydrogen (secondary N) is 1. The Morgan fingerprint density at radius 3 is 2.64 bits per heavy atom. The number of aromatic nitrogens is 2. The first-order valence-corrected chi connectivity index (χ1v) is 7.61.